The molecule has 1 aliphatic heterocycles. The van der Waals surface area contributed by atoms with E-state index in [1.165, 1.54) is 49.0 Å². The van der Waals surface area contributed by atoms with Gasteiger partial charge >= 0.3 is 0 Å². The van der Waals surface area contributed by atoms with Crippen LogP contribution in [0.25, 0.3) is 0 Å². The summed E-state index contributed by atoms with van der Waals surface area (Å²) in [6.07, 6.45) is 8.21. The Morgan fingerprint density at radius 3 is 2.13 bits per heavy atom. The number of nitrogens with zero attached hydrogens (tertiary/aromatic N) is 2. The Morgan fingerprint density at radius 1 is 0.968 bits per heavy atom. The lowest BCUT2D eigenvalue weighted by molar-refractivity contribution is -1.02. The Hall–Kier alpha value is -1.90. The monoisotopic (exact) mass is 422 g/mol. The van der Waals surface area contributed by atoms with Crippen LogP contribution in [0, 0.1) is 29.1 Å². The van der Waals surface area contributed by atoms with Gasteiger partial charge in [-0.1, -0.05) is 30.3 Å². The second-order valence-electron chi connectivity index (χ2n) is 10.9. The SMILES string of the molecule is N#CCCN(C(=O)C[NH+]1CC[NH+](Cc2ccccc2)CC1)C12CC3CC(CC(C3)C1)C2. The van der Waals surface area contributed by atoms with Crippen molar-refractivity contribution in [1.29, 1.82) is 5.26 Å². The third-order valence-electron chi connectivity index (χ3n) is 8.69. The Kier molecular flexibility index (Phi) is 6.03. The van der Waals surface area contributed by atoms with Gasteiger partial charge in [0.2, 0.25) is 0 Å². The molecule has 0 aromatic heterocycles. The third-order valence-corrected chi connectivity index (χ3v) is 8.69. The van der Waals surface area contributed by atoms with E-state index >= 15 is 0 Å². The van der Waals surface area contributed by atoms with Crippen LogP contribution in [0.15, 0.2) is 30.3 Å². The van der Waals surface area contributed by atoms with Gasteiger partial charge in [-0.3, -0.25) is 4.79 Å². The van der Waals surface area contributed by atoms with E-state index in [0.717, 1.165) is 50.5 Å². The topological polar surface area (TPSA) is 53.0 Å². The van der Waals surface area contributed by atoms with Crippen LogP contribution in [0.5, 0.6) is 0 Å². The molecule has 1 amide bonds. The van der Waals surface area contributed by atoms with Crippen LogP contribution < -0.4 is 9.80 Å². The minimum atomic E-state index is 0.0719. The van der Waals surface area contributed by atoms with Gasteiger partial charge in [-0.2, -0.15) is 5.26 Å². The summed E-state index contributed by atoms with van der Waals surface area (Å²) in [5, 5.41) is 9.25. The Balaban J connectivity index is 1.20. The van der Waals surface area contributed by atoms with E-state index in [9.17, 15) is 10.1 Å². The van der Waals surface area contributed by atoms with Crippen LogP contribution in [0.1, 0.15) is 50.5 Å². The summed E-state index contributed by atoms with van der Waals surface area (Å²) in [5.41, 5.74) is 1.48. The molecular weight excluding hydrogens is 384 g/mol. The highest BCUT2D eigenvalue weighted by atomic mass is 16.2. The number of amides is 1. The molecule has 5 aliphatic rings. The molecule has 4 bridgehead atoms. The molecule has 0 radical (unpaired) electrons. The lowest BCUT2D eigenvalue weighted by atomic mass is 9.52. The zero-order chi connectivity index (χ0) is 21.3. The van der Waals surface area contributed by atoms with Crippen molar-refractivity contribution in [2.45, 2.75) is 57.0 Å². The minimum absolute atomic E-state index is 0.0719. The number of carbonyl (C=O) groups excluding carboxylic acids is 1. The first-order chi connectivity index (χ1) is 15.1. The van der Waals surface area contributed by atoms with Crippen molar-refractivity contribution >= 4 is 5.91 Å². The summed E-state index contributed by atoms with van der Waals surface area (Å²) in [7, 11) is 0. The van der Waals surface area contributed by atoms with Crippen LogP contribution in [0.3, 0.4) is 0 Å². The van der Waals surface area contributed by atoms with Gasteiger partial charge < -0.3 is 14.7 Å². The average Bonchev–Trinajstić information content (AvgIpc) is 2.75. The molecule has 4 aliphatic carbocycles. The van der Waals surface area contributed by atoms with E-state index in [1.807, 2.05) is 0 Å². The van der Waals surface area contributed by atoms with E-state index in [-0.39, 0.29) is 5.54 Å². The van der Waals surface area contributed by atoms with Crippen LogP contribution in [0.2, 0.25) is 0 Å². The number of rotatable bonds is 7. The maximum Gasteiger partial charge on any atom is 0.278 e. The van der Waals surface area contributed by atoms with Crippen molar-refractivity contribution in [2.24, 2.45) is 17.8 Å². The quantitative estimate of drug-likeness (QED) is 0.679. The van der Waals surface area contributed by atoms with Crippen molar-refractivity contribution < 1.29 is 14.6 Å². The molecule has 2 N–H and O–H groups in total. The van der Waals surface area contributed by atoms with Crippen LogP contribution >= 0.6 is 0 Å². The Bertz CT molecular complexity index is 773. The highest BCUT2D eigenvalue weighted by Gasteiger charge is 2.54. The average molecular weight is 423 g/mol. The molecule has 5 fully saturated rings. The molecule has 1 heterocycles. The van der Waals surface area contributed by atoms with Gasteiger partial charge in [0.05, 0.1) is 12.5 Å². The van der Waals surface area contributed by atoms with E-state index in [0.29, 0.717) is 25.4 Å². The number of carbonyl (C=O) groups is 1. The van der Waals surface area contributed by atoms with Gasteiger partial charge in [0.15, 0.2) is 6.54 Å². The van der Waals surface area contributed by atoms with Gasteiger partial charge in [0, 0.05) is 17.6 Å². The van der Waals surface area contributed by atoms with E-state index < -0.39 is 0 Å². The molecule has 1 aromatic rings. The van der Waals surface area contributed by atoms with Crippen molar-refractivity contribution in [1.82, 2.24) is 4.90 Å². The fraction of sp³-hybridized carbons (Fsp3) is 0.692. The van der Waals surface area contributed by atoms with Crippen LogP contribution in [-0.2, 0) is 11.3 Å². The maximum atomic E-state index is 13.6. The summed E-state index contributed by atoms with van der Waals surface area (Å²) < 4.78 is 0. The lowest BCUT2D eigenvalue weighted by Gasteiger charge is -2.60. The predicted octanol–water partition coefficient (Wildman–Crippen LogP) is 0.681. The van der Waals surface area contributed by atoms with Crippen LogP contribution in [-0.4, -0.2) is 55.6 Å². The first kappa shape index (κ1) is 21.0. The summed E-state index contributed by atoms with van der Waals surface area (Å²) in [6.45, 7) is 6.75. The zero-order valence-electron chi connectivity index (χ0n) is 18.8. The molecule has 5 nitrogen and oxygen atoms in total. The Labute approximate surface area is 187 Å². The predicted molar refractivity (Wildman–Crippen MR) is 119 cm³/mol. The van der Waals surface area contributed by atoms with Gasteiger partial charge in [-0.25, -0.2) is 0 Å². The molecule has 4 saturated carbocycles. The summed E-state index contributed by atoms with van der Waals surface area (Å²) in [4.78, 5) is 18.9. The highest BCUT2D eigenvalue weighted by molar-refractivity contribution is 5.78. The van der Waals surface area contributed by atoms with E-state index in [2.05, 4.69) is 41.3 Å². The second-order valence-corrected chi connectivity index (χ2v) is 10.9. The van der Waals surface area contributed by atoms with Crippen molar-refractivity contribution in [2.75, 3.05) is 39.3 Å². The van der Waals surface area contributed by atoms with Gasteiger partial charge in [0.1, 0.15) is 32.7 Å². The molecule has 6 rings (SSSR count). The van der Waals surface area contributed by atoms with Gasteiger partial charge in [0.25, 0.3) is 5.91 Å². The van der Waals surface area contributed by atoms with Gasteiger partial charge in [-0.15, -0.1) is 0 Å². The smallest absolute Gasteiger partial charge is 0.278 e. The Morgan fingerprint density at radius 2 is 1.55 bits per heavy atom. The fourth-order valence-electron chi connectivity index (χ4n) is 7.69. The van der Waals surface area contributed by atoms with Crippen LogP contribution in [0.4, 0.5) is 0 Å². The number of nitriles is 1. The summed E-state index contributed by atoms with van der Waals surface area (Å²) in [6, 6.07) is 13.1. The van der Waals surface area contributed by atoms with Gasteiger partial charge in [-0.05, 0) is 56.3 Å². The molecule has 1 saturated heterocycles. The van der Waals surface area contributed by atoms with E-state index in [4.69, 9.17) is 0 Å². The molecule has 166 valence electrons. The number of quaternary nitrogens is 2. The lowest BCUT2D eigenvalue weighted by Crippen LogP contribution is -3.28. The standard InChI is InChI=1S/C26H36N4O/c27-7-4-8-30(26-16-22-13-23(17-26)15-24(14-22)18-26)25(31)20-29-11-9-28(10-12-29)19-21-5-2-1-3-6-21/h1-3,5-6,22-24H,4,8-20H2/p+2. The fourth-order valence-corrected chi connectivity index (χ4v) is 7.69. The normalized spacial score (nSPS) is 36.2. The van der Waals surface area contributed by atoms with E-state index in [1.54, 1.807) is 4.90 Å². The number of hydrogen-bond donors (Lipinski definition) is 2. The first-order valence-corrected chi connectivity index (χ1v) is 12.5. The summed E-state index contributed by atoms with van der Waals surface area (Å²) >= 11 is 0. The molecule has 5 heteroatoms. The molecule has 1 aromatic carbocycles. The van der Waals surface area contributed by atoms with Crippen molar-refractivity contribution in [3.05, 3.63) is 35.9 Å². The zero-order valence-corrected chi connectivity index (χ0v) is 18.8. The molecular formula is C26H38N4O+2. The molecule has 0 spiro atoms. The largest absolute Gasteiger partial charge is 0.331 e. The maximum absolute atomic E-state index is 13.6. The van der Waals surface area contributed by atoms with Crippen molar-refractivity contribution in [3.63, 3.8) is 0 Å². The molecule has 31 heavy (non-hydrogen) atoms. The first-order valence-electron chi connectivity index (χ1n) is 12.5. The minimum Gasteiger partial charge on any atom is -0.331 e. The number of piperazine rings is 1. The number of hydrogen-bond acceptors (Lipinski definition) is 2. The number of nitrogens with one attached hydrogen (secondary N) is 2. The van der Waals surface area contributed by atoms with Crippen molar-refractivity contribution in [3.8, 4) is 6.07 Å². The third kappa shape index (κ3) is 4.52. The summed E-state index contributed by atoms with van der Waals surface area (Å²) in [5.74, 6) is 2.78. The number of benzene rings is 1. The molecule has 0 unspecified atom stereocenters. The second kappa shape index (κ2) is 8.92. The molecule has 0 atom stereocenters. The highest BCUT2D eigenvalue weighted by Crippen LogP contribution is 2.57.